The summed E-state index contributed by atoms with van der Waals surface area (Å²) in [6, 6.07) is 10.5. The Labute approximate surface area is 194 Å². The zero-order chi connectivity index (χ0) is 21.8. The Hall–Kier alpha value is -2.09. The average Bonchev–Trinajstić information content (AvgIpc) is 3.51. The molecular formula is C25H33N3O3S. The van der Waals surface area contributed by atoms with Gasteiger partial charge in [-0.3, -0.25) is 9.69 Å². The van der Waals surface area contributed by atoms with Crippen LogP contribution in [0, 0.1) is 0 Å². The lowest BCUT2D eigenvalue weighted by molar-refractivity contribution is -0.124. The largest absolute Gasteiger partial charge is 0.486 e. The summed E-state index contributed by atoms with van der Waals surface area (Å²) in [7, 11) is 0. The maximum Gasteiger partial charge on any atom is 0.234 e. The van der Waals surface area contributed by atoms with E-state index >= 15 is 0 Å². The molecule has 1 saturated carbocycles. The number of fused-ring (bicyclic) bond motifs is 1. The maximum absolute atomic E-state index is 13.1. The lowest BCUT2D eigenvalue weighted by Crippen LogP contribution is -2.52. The minimum atomic E-state index is -0.282. The molecule has 3 aliphatic rings. The van der Waals surface area contributed by atoms with Crippen LogP contribution < -0.4 is 14.8 Å². The van der Waals surface area contributed by atoms with Crippen LogP contribution in [0.5, 0.6) is 11.5 Å². The number of nitrogens with one attached hydrogen (secondary N) is 1. The summed E-state index contributed by atoms with van der Waals surface area (Å²) in [5.41, 5.74) is 0.862. The fraction of sp³-hybridized carbons (Fsp3) is 0.560. The minimum absolute atomic E-state index is 0.133. The number of carbonyl (C=O) groups excluding carboxylic acids is 1. The van der Waals surface area contributed by atoms with E-state index in [0.717, 1.165) is 81.9 Å². The number of hydrogen-bond acceptors (Lipinski definition) is 6. The van der Waals surface area contributed by atoms with Crippen molar-refractivity contribution in [1.82, 2.24) is 15.1 Å². The van der Waals surface area contributed by atoms with Crippen molar-refractivity contribution in [3.8, 4) is 11.5 Å². The number of amides is 1. The highest BCUT2D eigenvalue weighted by Gasteiger charge is 2.38. The molecule has 1 saturated heterocycles. The fourth-order valence-corrected chi connectivity index (χ4v) is 5.91. The van der Waals surface area contributed by atoms with E-state index in [1.165, 1.54) is 4.88 Å². The first kappa shape index (κ1) is 21.7. The summed E-state index contributed by atoms with van der Waals surface area (Å²) in [6.45, 7) is 6.73. The van der Waals surface area contributed by atoms with Crippen LogP contribution in [0.15, 0.2) is 35.7 Å². The van der Waals surface area contributed by atoms with Crippen molar-refractivity contribution >= 4 is 17.2 Å². The Balaban J connectivity index is 1.15. The number of rotatable bonds is 7. The number of thiophene rings is 1. The molecule has 0 unspecified atom stereocenters. The Bertz CT molecular complexity index is 903. The molecule has 1 N–H and O–H groups in total. The molecule has 172 valence electrons. The molecule has 1 aliphatic carbocycles. The van der Waals surface area contributed by atoms with Crippen LogP contribution in [0.25, 0.3) is 0 Å². The standard InChI is InChI=1S/C25H33N3O3S/c29-24(19-28-13-11-27(12-14-28)10-7-21-4-3-17-32-21)26-25(8-1-2-9-25)20-5-6-22-23(18-20)31-16-15-30-22/h3-6,17-18H,1-2,7-16,19H2,(H,26,29). The molecule has 0 bridgehead atoms. The molecule has 0 radical (unpaired) electrons. The number of piperazine rings is 1. The van der Waals surface area contributed by atoms with Crippen LogP contribution in [0.3, 0.4) is 0 Å². The van der Waals surface area contributed by atoms with Gasteiger partial charge in [0, 0.05) is 37.6 Å². The zero-order valence-electron chi connectivity index (χ0n) is 18.7. The van der Waals surface area contributed by atoms with Crippen LogP contribution >= 0.6 is 11.3 Å². The van der Waals surface area contributed by atoms with Crippen LogP contribution in [-0.4, -0.2) is 68.2 Å². The molecule has 2 fully saturated rings. The van der Waals surface area contributed by atoms with E-state index < -0.39 is 0 Å². The maximum atomic E-state index is 13.1. The van der Waals surface area contributed by atoms with E-state index in [4.69, 9.17) is 9.47 Å². The Kier molecular flexibility index (Phi) is 6.67. The molecule has 1 aromatic carbocycles. The minimum Gasteiger partial charge on any atom is -0.486 e. The third-order valence-corrected chi connectivity index (χ3v) is 7.95. The van der Waals surface area contributed by atoms with Crippen molar-refractivity contribution in [2.75, 3.05) is 52.5 Å². The Morgan fingerprint density at radius 2 is 1.75 bits per heavy atom. The van der Waals surface area contributed by atoms with Crippen LogP contribution in [0.2, 0.25) is 0 Å². The summed E-state index contributed by atoms with van der Waals surface area (Å²) in [5, 5.41) is 5.58. The first-order valence-electron chi connectivity index (χ1n) is 11.9. The normalized spacial score (nSPS) is 20.9. The quantitative estimate of drug-likeness (QED) is 0.695. The number of nitrogens with zero attached hydrogens (tertiary/aromatic N) is 2. The molecule has 0 spiro atoms. The molecule has 1 amide bonds. The van der Waals surface area contributed by atoms with E-state index in [9.17, 15) is 4.79 Å². The first-order chi connectivity index (χ1) is 15.7. The van der Waals surface area contributed by atoms with Gasteiger partial charge in [-0.1, -0.05) is 25.0 Å². The molecule has 2 aromatic rings. The van der Waals surface area contributed by atoms with Gasteiger partial charge in [-0.15, -0.1) is 11.3 Å². The van der Waals surface area contributed by atoms with Crippen LogP contribution in [-0.2, 0) is 16.8 Å². The Morgan fingerprint density at radius 3 is 2.50 bits per heavy atom. The molecular weight excluding hydrogens is 422 g/mol. The van der Waals surface area contributed by atoms with Gasteiger partial charge in [0.25, 0.3) is 0 Å². The number of ether oxygens (including phenoxy) is 2. The number of hydrogen-bond donors (Lipinski definition) is 1. The van der Waals surface area contributed by atoms with Gasteiger partial charge in [0.1, 0.15) is 13.2 Å². The summed E-state index contributed by atoms with van der Waals surface area (Å²) < 4.78 is 11.5. The molecule has 3 heterocycles. The van der Waals surface area contributed by atoms with Gasteiger partial charge in [0.2, 0.25) is 5.91 Å². The van der Waals surface area contributed by atoms with Crippen molar-refractivity contribution in [2.24, 2.45) is 0 Å². The third kappa shape index (κ3) is 4.95. The Morgan fingerprint density at radius 1 is 1.00 bits per heavy atom. The molecule has 2 aliphatic heterocycles. The SMILES string of the molecule is O=C(CN1CCN(CCc2cccs2)CC1)NC1(c2ccc3c(c2)OCCO3)CCCC1. The summed E-state index contributed by atoms with van der Waals surface area (Å²) in [4.78, 5) is 19.3. The van der Waals surface area contributed by atoms with Gasteiger partial charge in [-0.25, -0.2) is 0 Å². The van der Waals surface area contributed by atoms with Crippen molar-refractivity contribution in [2.45, 2.75) is 37.6 Å². The zero-order valence-corrected chi connectivity index (χ0v) is 19.5. The third-order valence-electron chi connectivity index (χ3n) is 7.02. The van der Waals surface area contributed by atoms with Crippen LogP contribution in [0.4, 0.5) is 0 Å². The second kappa shape index (κ2) is 9.81. The lowest BCUT2D eigenvalue weighted by Gasteiger charge is -2.36. The summed E-state index contributed by atoms with van der Waals surface area (Å²) in [5.74, 6) is 1.73. The van der Waals surface area contributed by atoms with Gasteiger partial charge in [0.15, 0.2) is 11.5 Å². The van der Waals surface area contributed by atoms with E-state index in [1.54, 1.807) is 0 Å². The van der Waals surface area contributed by atoms with Gasteiger partial charge >= 0.3 is 0 Å². The van der Waals surface area contributed by atoms with Gasteiger partial charge in [-0.05, 0) is 48.4 Å². The molecule has 0 atom stereocenters. The van der Waals surface area contributed by atoms with E-state index in [0.29, 0.717) is 19.8 Å². The second-order valence-electron chi connectivity index (χ2n) is 9.14. The predicted molar refractivity (Wildman–Crippen MR) is 127 cm³/mol. The van der Waals surface area contributed by atoms with Crippen molar-refractivity contribution < 1.29 is 14.3 Å². The summed E-state index contributed by atoms with van der Waals surface area (Å²) in [6.07, 6.45) is 5.36. The van der Waals surface area contributed by atoms with Gasteiger partial charge < -0.3 is 19.7 Å². The monoisotopic (exact) mass is 455 g/mol. The smallest absolute Gasteiger partial charge is 0.234 e. The van der Waals surface area contributed by atoms with E-state index in [-0.39, 0.29) is 11.4 Å². The summed E-state index contributed by atoms with van der Waals surface area (Å²) >= 11 is 1.84. The van der Waals surface area contributed by atoms with Crippen LogP contribution in [0.1, 0.15) is 36.1 Å². The van der Waals surface area contributed by atoms with Crippen molar-refractivity contribution in [1.29, 1.82) is 0 Å². The number of carbonyl (C=O) groups is 1. The highest BCUT2D eigenvalue weighted by molar-refractivity contribution is 7.09. The highest BCUT2D eigenvalue weighted by atomic mass is 32.1. The van der Waals surface area contributed by atoms with Crippen molar-refractivity contribution in [3.05, 3.63) is 46.2 Å². The first-order valence-corrected chi connectivity index (χ1v) is 12.8. The lowest BCUT2D eigenvalue weighted by atomic mass is 9.87. The molecule has 32 heavy (non-hydrogen) atoms. The van der Waals surface area contributed by atoms with E-state index in [2.05, 4.69) is 44.8 Å². The number of benzene rings is 1. The van der Waals surface area contributed by atoms with Crippen molar-refractivity contribution in [3.63, 3.8) is 0 Å². The fourth-order valence-electron chi connectivity index (χ4n) is 5.21. The topological polar surface area (TPSA) is 54.0 Å². The molecule has 7 heteroatoms. The highest BCUT2D eigenvalue weighted by Crippen LogP contribution is 2.42. The average molecular weight is 456 g/mol. The van der Waals surface area contributed by atoms with Gasteiger partial charge in [-0.2, -0.15) is 0 Å². The predicted octanol–water partition coefficient (Wildman–Crippen LogP) is 3.27. The second-order valence-corrected chi connectivity index (χ2v) is 10.2. The molecule has 5 rings (SSSR count). The molecule has 1 aromatic heterocycles. The van der Waals surface area contributed by atoms with Gasteiger partial charge in [0.05, 0.1) is 12.1 Å². The van der Waals surface area contributed by atoms with E-state index in [1.807, 2.05) is 17.4 Å². The molecule has 6 nitrogen and oxygen atoms in total.